The summed E-state index contributed by atoms with van der Waals surface area (Å²) in [7, 11) is 1.82. The Labute approximate surface area is 173 Å². The second kappa shape index (κ2) is 8.19. The van der Waals surface area contributed by atoms with Gasteiger partial charge in [-0.25, -0.2) is 9.78 Å². The third-order valence-electron chi connectivity index (χ3n) is 4.92. The van der Waals surface area contributed by atoms with Crippen molar-refractivity contribution in [1.82, 2.24) is 30.0 Å². The Balaban J connectivity index is 1.39. The number of carbonyl (C=O) groups excluding carboxylic acids is 2. The van der Waals surface area contributed by atoms with Crippen molar-refractivity contribution in [1.29, 1.82) is 0 Å². The van der Waals surface area contributed by atoms with Gasteiger partial charge in [0.2, 0.25) is 0 Å². The van der Waals surface area contributed by atoms with Gasteiger partial charge >= 0.3 is 6.03 Å². The van der Waals surface area contributed by atoms with Crippen LogP contribution in [0.25, 0.3) is 11.1 Å². The molecule has 3 aromatic rings. The number of hydrogen-bond donors (Lipinski definition) is 3. The van der Waals surface area contributed by atoms with Crippen LogP contribution >= 0.6 is 0 Å². The number of anilines is 2. The first-order valence-electron chi connectivity index (χ1n) is 9.51. The number of pyridine rings is 2. The zero-order valence-corrected chi connectivity index (χ0v) is 16.4. The molecule has 4 N–H and O–H groups in total. The van der Waals surface area contributed by atoms with Crippen LogP contribution < -0.4 is 16.4 Å². The van der Waals surface area contributed by atoms with Gasteiger partial charge in [-0.05, 0) is 24.6 Å². The summed E-state index contributed by atoms with van der Waals surface area (Å²) in [6, 6.07) is 4.83. The van der Waals surface area contributed by atoms with Crippen molar-refractivity contribution in [3.8, 4) is 11.1 Å². The highest BCUT2D eigenvalue weighted by Crippen LogP contribution is 2.22. The molecule has 1 atom stereocenters. The number of nitrogen functional groups attached to an aromatic ring is 1. The van der Waals surface area contributed by atoms with Gasteiger partial charge in [0.1, 0.15) is 5.82 Å². The van der Waals surface area contributed by atoms with Crippen LogP contribution in [0.1, 0.15) is 16.8 Å². The molecule has 3 aromatic heterocycles. The third kappa shape index (κ3) is 4.22. The van der Waals surface area contributed by atoms with Gasteiger partial charge in [-0.1, -0.05) is 0 Å². The summed E-state index contributed by atoms with van der Waals surface area (Å²) in [6.07, 6.45) is 9.03. The number of amides is 3. The molecule has 0 radical (unpaired) electrons. The summed E-state index contributed by atoms with van der Waals surface area (Å²) in [5, 5.41) is 9.89. The average molecular weight is 406 g/mol. The lowest BCUT2D eigenvalue weighted by Gasteiger charge is -2.18. The van der Waals surface area contributed by atoms with Crippen LogP contribution in [0.4, 0.5) is 16.3 Å². The average Bonchev–Trinajstić information content (AvgIpc) is 3.38. The van der Waals surface area contributed by atoms with E-state index in [2.05, 4.69) is 25.7 Å². The predicted molar refractivity (Wildman–Crippen MR) is 112 cm³/mol. The summed E-state index contributed by atoms with van der Waals surface area (Å²) < 4.78 is 1.68. The van der Waals surface area contributed by atoms with Gasteiger partial charge in [-0.15, -0.1) is 0 Å². The molecule has 4 heterocycles. The van der Waals surface area contributed by atoms with Crippen LogP contribution in [0.5, 0.6) is 0 Å². The summed E-state index contributed by atoms with van der Waals surface area (Å²) >= 11 is 0. The van der Waals surface area contributed by atoms with Crippen molar-refractivity contribution >= 4 is 23.4 Å². The smallest absolute Gasteiger partial charge is 0.321 e. The van der Waals surface area contributed by atoms with Crippen LogP contribution in [0.3, 0.4) is 0 Å². The maximum atomic E-state index is 12.8. The summed E-state index contributed by atoms with van der Waals surface area (Å²) in [5.74, 6) is -0.158. The number of carbonyl (C=O) groups is 2. The van der Waals surface area contributed by atoms with E-state index in [0.29, 0.717) is 30.8 Å². The molecule has 1 saturated heterocycles. The largest absolute Gasteiger partial charge is 0.383 e. The molecule has 0 spiro atoms. The first-order valence-corrected chi connectivity index (χ1v) is 9.51. The Morgan fingerprint density at radius 1 is 1.23 bits per heavy atom. The first-order chi connectivity index (χ1) is 14.5. The molecule has 0 saturated carbocycles. The van der Waals surface area contributed by atoms with Crippen LogP contribution in [-0.4, -0.2) is 55.7 Å². The predicted octanol–water partition coefficient (Wildman–Crippen LogP) is 1.50. The van der Waals surface area contributed by atoms with Crippen molar-refractivity contribution in [2.24, 2.45) is 7.05 Å². The van der Waals surface area contributed by atoms with E-state index in [1.54, 1.807) is 52.6 Å². The molecule has 10 nitrogen and oxygen atoms in total. The Morgan fingerprint density at radius 3 is 2.83 bits per heavy atom. The number of aromatic nitrogens is 4. The molecular formula is C20H22N8O2. The summed E-state index contributed by atoms with van der Waals surface area (Å²) in [4.78, 5) is 35.0. The lowest BCUT2D eigenvalue weighted by atomic mass is 10.1. The molecule has 1 fully saturated rings. The molecule has 0 aliphatic carbocycles. The van der Waals surface area contributed by atoms with Crippen molar-refractivity contribution in [2.75, 3.05) is 24.1 Å². The second-order valence-corrected chi connectivity index (χ2v) is 7.14. The molecule has 10 heteroatoms. The highest BCUT2D eigenvalue weighted by molar-refractivity contribution is 5.99. The van der Waals surface area contributed by atoms with Gasteiger partial charge in [0, 0.05) is 55.9 Å². The number of urea groups is 1. The van der Waals surface area contributed by atoms with Crippen molar-refractivity contribution < 1.29 is 9.59 Å². The maximum Gasteiger partial charge on any atom is 0.321 e. The fraction of sp³-hybridized carbons (Fsp3) is 0.250. The zero-order valence-electron chi connectivity index (χ0n) is 16.4. The van der Waals surface area contributed by atoms with E-state index in [9.17, 15) is 9.59 Å². The third-order valence-corrected chi connectivity index (χ3v) is 4.92. The van der Waals surface area contributed by atoms with E-state index in [0.717, 1.165) is 11.1 Å². The van der Waals surface area contributed by atoms with Crippen molar-refractivity contribution in [3.63, 3.8) is 0 Å². The molecule has 0 aromatic carbocycles. The van der Waals surface area contributed by atoms with Crippen LogP contribution in [0, 0.1) is 0 Å². The van der Waals surface area contributed by atoms with Crippen molar-refractivity contribution in [2.45, 2.75) is 12.5 Å². The lowest BCUT2D eigenvalue weighted by Crippen LogP contribution is -2.40. The van der Waals surface area contributed by atoms with Crippen LogP contribution in [0.2, 0.25) is 0 Å². The van der Waals surface area contributed by atoms with Gasteiger partial charge in [-0.3, -0.25) is 14.5 Å². The van der Waals surface area contributed by atoms with Gasteiger partial charge in [0.15, 0.2) is 0 Å². The normalized spacial score (nSPS) is 15.8. The van der Waals surface area contributed by atoms with E-state index in [1.165, 1.54) is 0 Å². The molecule has 0 unspecified atom stereocenters. The van der Waals surface area contributed by atoms with E-state index in [-0.39, 0.29) is 23.8 Å². The molecule has 3 amide bonds. The minimum Gasteiger partial charge on any atom is -0.383 e. The minimum atomic E-state index is -0.315. The molecule has 1 aliphatic rings. The number of nitrogens with two attached hydrogens (primary N) is 1. The number of aryl methyl sites for hydroxylation is 1. The van der Waals surface area contributed by atoms with Gasteiger partial charge in [0.25, 0.3) is 5.91 Å². The van der Waals surface area contributed by atoms with Crippen molar-refractivity contribution in [3.05, 3.63) is 54.7 Å². The Bertz CT molecular complexity index is 1070. The van der Waals surface area contributed by atoms with Gasteiger partial charge in [-0.2, -0.15) is 5.10 Å². The standard InChI is InChI=1S/C20H22N8O2/c1-27-11-14(9-24-27)13-7-17(18(21)23-8-13)19(29)25-16-4-6-28(12-16)20(30)26-15-3-2-5-22-10-15/h2-3,5,7-11,16H,4,6,12H2,1H3,(H2,21,23)(H,25,29)(H,26,30)/t16-/m1/s1. The second-order valence-electron chi connectivity index (χ2n) is 7.14. The highest BCUT2D eigenvalue weighted by atomic mass is 16.2. The molecule has 154 valence electrons. The Morgan fingerprint density at radius 2 is 2.10 bits per heavy atom. The van der Waals surface area contributed by atoms with E-state index in [1.807, 2.05) is 13.2 Å². The molecule has 30 heavy (non-hydrogen) atoms. The summed E-state index contributed by atoms with van der Waals surface area (Å²) in [6.45, 7) is 0.952. The minimum absolute atomic E-state index is 0.157. The first kappa shape index (κ1) is 19.4. The molecular weight excluding hydrogens is 384 g/mol. The van der Waals surface area contributed by atoms with Gasteiger partial charge < -0.3 is 21.3 Å². The SMILES string of the molecule is Cn1cc(-c2cnc(N)c(C(=O)N[C@@H]3CCN(C(=O)Nc4cccnc4)C3)c2)cn1. The van der Waals surface area contributed by atoms with Crippen LogP contribution in [0.15, 0.2) is 49.2 Å². The fourth-order valence-electron chi connectivity index (χ4n) is 3.35. The lowest BCUT2D eigenvalue weighted by molar-refractivity contribution is 0.0938. The van der Waals surface area contributed by atoms with E-state index < -0.39 is 0 Å². The van der Waals surface area contributed by atoms with Crippen LogP contribution in [-0.2, 0) is 7.05 Å². The molecule has 1 aliphatic heterocycles. The number of nitrogens with one attached hydrogen (secondary N) is 2. The number of likely N-dealkylation sites (tertiary alicyclic amines) is 1. The topological polar surface area (TPSA) is 131 Å². The Hall–Kier alpha value is -3.95. The zero-order chi connectivity index (χ0) is 21.1. The molecule has 4 rings (SSSR count). The Kier molecular flexibility index (Phi) is 5.29. The summed E-state index contributed by atoms with van der Waals surface area (Å²) in [5.41, 5.74) is 8.46. The number of rotatable bonds is 4. The number of nitrogens with zero attached hydrogens (tertiary/aromatic N) is 5. The van der Waals surface area contributed by atoms with E-state index in [4.69, 9.17) is 5.73 Å². The number of hydrogen-bond acceptors (Lipinski definition) is 6. The maximum absolute atomic E-state index is 12.8. The highest BCUT2D eigenvalue weighted by Gasteiger charge is 2.28. The quantitative estimate of drug-likeness (QED) is 0.602. The fourth-order valence-corrected chi connectivity index (χ4v) is 3.35. The van der Waals surface area contributed by atoms with E-state index >= 15 is 0 Å². The molecule has 0 bridgehead atoms. The monoisotopic (exact) mass is 406 g/mol. The van der Waals surface area contributed by atoms with Gasteiger partial charge in [0.05, 0.1) is 23.6 Å².